The Bertz CT molecular complexity index is 286. The van der Waals surface area contributed by atoms with Crippen molar-refractivity contribution in [3.63, 3.8) is 0 Å². The van der Waals surface area contributed by atoms with Crippen LogP contribution in [0.4, 0.5) is 4.39 Å². The van der Waals surface area contributed by atoms with E-state index in [2.05, 4.69) is 22.9 Å². The molecule has 3 heteroatoms. The summed E-state index contributed by atoms with van der Waals surface area (Å²) >= 11 is 9.00. The quantitative estimate of drug-likeness (QED) is 0.719. The Kier molecular flexibility index (Phi) is 4.20. The molecule has 13 heavy (non-hydrogen) atoms. The van der Waals surface area contributed by atoms with Gasteiger partial charge >= 0.3 is 0 Å². The zero-order valence-electron chi connectivity index (χ0n) is 7.36. The van der Waals surface area contributed by atoms with Gasteiger partial charge in [-0.2, -0.15) is 0 Å². The Hall–Kier alpha value is -0.0800. The highest BCUT2D eigenvalue weighted by atomic mass is 79.9. The average Bonchev–Trinajstić information content (AvgIpc) is 2.07. The zero-order valence-corrected chi connectivity index (χ0v) is 9.70. The first-order chi connectivity index (χ1) is 6.09. The van der Waals surface area contributed by atoms with Crippen molar-refractivity contribution >= 4 is 27.5 Å². The first-order valence-electron chi connectivity index (χ1n) is 4.17. The van der Waals surface area contributed by atoms with Crippen molar-refractivity contribution in [2.75, 3.05) is 0 Å². The van der Waals surface area contributed by atoms with Crippen molar-refractivity contribution in [3.05, 3.63) is 34.6 Å². The molecule has 1 aromatic rings. The van der Waals surface area contributed by atoms with E-state index in [0.29, 0.717) is 4.83 Å². The molecule has 0 N–H and O–H groups in total. The Morgan fingerprint density at radius 2 is 2.23 bits per heavy atom. The first kappa shape index (κ1) is 11.0. The fourth-order valence-electron chi connectivity index (χ4n) is 1.06. The summed E-state index contributed by atoms with van der Waals surface area (Å²) in [6.07, 6.45) is 1.88. The molecule has 0 aliphatic rings. The molecule has 0 aliphatic heterocycles. The van der Waals surface area contributed by atoms with Gasteiger partial charge in [-0.3, -0.25) is 0 Å². The molecule has 0 fully saturated rings. The van der Waals surface area contributed by atoms with Crippen LogP contribution in [0.3, 0.4) is 0 Å². The fourth-order valence-corrected chi connectivity index (χ4v) is 1.41. The molecule has 0 spiro atoms. The van der Waals surface area contributed by atoms with E-state index in [1.165, 1.54) is 6.07 Å². The van der Waals surface area contributed by atoms with Gasteiger partial charge in [0.05, 0.1) is 5.02 Å². The molecule has 1 unspecified atom stereocenters. The summed E-state index contributed by atoms with van der Waals surface area (Å²) in [7, 11) is 0. The second-order valence-electron chi connectivity index (χ2n) is 3.07. The van der Waals surface area contributed by atoms with E-state index in [-0.39, 0.29) is 10.8 Å². The van der Waals surface area contributed by atoms with Crippen molar-refractivity contribution in [3.8, 4) is 0 Å². The van der Waals surface area contributed by atoms with Crippen molar-refractivity contribution in [1.82, 2.24) is 0 Å². The molecule has 0 radical (unpaired) electrons. The largest absolute Gasteiger partial charge is 0.205 e. The van der Waals surface area contributed by atoms with Gasteiger partial charge in [-0.05, 0) is 30.5 Å². The lowest BCUT2D eigenvalue weighted by atomic mass is 10.1. The molecule has 0 nitrogen and oxygen atoms in total. The van der Waals surface area contributed by atoms with Crippen LogP contribution in [0.5, 0.6) is 0 Å². The highest BCUT2D eigenvalue weighted by Gasteiger charge is 2.02. The molecular weight excluding hydrogens is 254 g/mol. The van der Waals surface area contributed by atoms with Crippen molar-refractivity contribution in [2.24, 2.45) is 0 Å². The standard InChI is InChI=1S/C10H11BrClF/c1-7(11)2-3-8-4-5-9(12)10(13)6-8/h4-7H,2-3H2,1H3. The van der Waals surface area contributed by atoms with Gasteiger partial charge in [-0.1, -0.05) is 40.5 Å². The number of benzene rings is 1. The average molecular weight is 266 g/mol. The summed E-state index contributed by atoms with van der Waals surface area (Å²) in [5.74, 6) is -0.332. The summed E-state index contributed by atoms with van der Waals surface area (Å²) in [5, 5.41) is 0.190. The molecule has 0 saturated heterocycles. The van der Waals surface area contributed by atoms with E-state index in [9.17, 15) is 4.39 Å². The SMILES string of the molecule is CC(Br)CCc1ccc(Cl)c(F)c1. The van der Waals surface area contributed by atoms with Gasteiger partial charge in [-0.25, -0.2) is 4.39 Å². The number of rotatable bonds is 3. The van der Waals surface area contributed by atoms with Crippen molar-refractivity contribution in [1.29, 1.82) is 0 Å². The van der Waals surface area contributed by atoms with E-state index in [0.717, 1.165) is 18.4 Å². The van der Waals surface area contributed by atoms with Gasteiger partial charge in [0.15, 0.2) is 0 Å². The molecule has 0 amide bonds. The van der Waals surface area contributed by atoms with E-state index in [1.807, 2.05) is 6.07 Å². The molecule has 1 rings (SSSR count). The molecule has 0 bridgehead atoms. The summed E-state index contributed by atoms with van der Waals surface area (Å²) in [6.45, 7) is 2.08. The van der Waals surface area contributed by atoms with Crippen LogP contribution in [-0.4, -0.2) is 4.83 Å². The lowest BCUT2D eigenvalue weighted by Crippen LogP contribution is -1.94. The minimum Gasteiger partial charge on any atom is -0.205 e. The van der Waals surface area contributed by atoms with E-state index in [1.54, 1.807) is 6.07 Å². The van der Waals surface area contributed by atoms with Crippen molar-refractivity contribution in [2.45, 2.75) is 24.6 Å². The lowest BCUT2D eigenvalue weighted by Gasteiger charge is -2.03. The van der Waals surface area contributed by atoms with Crippen LogP contribution in [0.1, 0.15) is 18.9 Å². The molecule has 0 heterocycles. The summed E-state index contributed by atoms with van der Waals surface area (Å²) in [5.41, 5.74) is 0.994. The van der Waals surface area contributed by atoms with Gasteiger partial charge in [0.1, 0.15) is 5.82 Å². The molecule has 1 aromatic carbocycles. The van der Waals surface area contributed by atoms with E-state index >= 15 is 0 Å². The van der Waals surface area contributed by atoms with E-state index in [4.69, 9.17) is 11.6 Å². The Balaban J connectivity index is 2.63. The highest BCUT2D eigenvalue weighted by Crippen LogP contribution is 2.17. The number of aryl methyl sites for hydroxylation is 1. The maximum absolute atomic E-state index is 13.0. The molecule has 0 aliphatic carbocycles. The number of alkyl halides is 1. The third-order valence-electron chi connectivity index (χ3n) is 1.81. The van der Waals surface area contributed by atoms with Crippen LogP contribution in [0, 0.1) is 5.82 Å². The number of halogens is 3. The van der Waals surface area contributed by atoms with Crippen molar-refractivity contribution < 1.29 is 4.39 Å². The first-order valence-corrected chi connectivity index (χ1v) is 5.47. The second-order valence-corrected chi connectivity index (χ2v) is 5.04. The summed E-state index contributed by atoms with van der Waals surface area (Å²) < 4.78 is 13.0. The van der Waals surface area contributed by atoms with Gasteiger partial charge in [-0.15, -0.1) is 0 Å². The van der Waals surface area contributed by atoms with Crippen LogP contribution in [-0.2, 0) is 6.42 Å². The molecule has 0 aromatic heterocycles. The minimum atomic E-state index is -0.332. The fraction of sp³-hybridized carbons (Fsp3) is 0.400. The predicted octanol–water partition coefficient (Wildman–Crippen LogP) is 4.20. The Labute approximate surface area is 91.2 Å². The topological polar surface area (TPSA) is 0 Å². The normalized spacial score (nSPS) is 12.9. The van der Waals surface area contributed by atoms with Gasteiger partial charge in [0.25, 0.3) is 0 Å². The van der Waals surface area contributed by atoms with Crippen LogP contribution >= 0.6 is 27.5 Å². The van der Waals surface area contributed by atoms with Gasteiger partial charge in [0.2, 0.25) is 0 Å². The monoisotopic (exact) mass is 264 g/mol. The predicted molar refractivity (Wildman–Crippen MR) is 58.1 cm³/mol. The molecule has 0 saturated carbocycles. The zero-order chi connectivity index (χ0) is 9.84. The number of hydrogen-bond donors (Lipinski definition) is 0. The second kappa shape index (κ2) is 4.97. The summed E-state index contributed by atoms with van der Waals surface area (Å²) in [6, 6.07) is 4.96. The van der Waals surface area contributed by atoms with Gasteiger partial charge < -0.3 is 0 Å². The molecule has 72 valence electrons. The molecule has 1 atom stereocenters. The van der Waals surface area contributed by atoms with Crippen LogP contribution in [0.15, 0.2) is 18.2 Å². The highest BCUT2D eigenvalue weighted by molar-refractivity contribution is 9.09. The van der Waals surface area contributed by atoms with Crippen LogP contribution in [0.2, 0.25) is 5.02 Å². The minimum absolute atomic E-state index is 0.190. The van der Waals surface area contributed by atoms with Gasteiger partial charge in [0, 0.05) is 4.83 Å². The number of hydrogen-bond acceptors (Lipinski definition) is 0. The smallest absolute Gasteiger partial charge is 0.142 e. The maximum Gasteiger partial charge on any atom is 0.142 e. The lowest BCUT2D eigenvalue weighted by molar-refractivity contribution is 0.625. The van der Waals surface area contributed by atoms with Crippen LogP contribution < -0.4 is 0 Å². The summed E-state index contributed by atoms with van der Waals surface area (Å²) in [4.78, 5) is 0.464. The third kappa shape index (κ3) is 3.65. The van der Waals surface area contributed by atoms with E-state index < -0.39 is 0 Å². The Morgan fingerprint density at radius 1 is 1.54 bits per heavy atom. The van der Waals surface area contributed by atoms with Crippen LogP contribution in [0.25, 0.3) is 0 Å². The maximum atomic E-state index is 13.0. The molecular formula is C10H11BrClF. The third-order valence-corrected chi connectivity index (χ3v) is 2.58. The Morgan fingerprint density at radius 3 is 2.77 bits per heavy atom.